The molecule has 0 aromatic heterocycles. The first-order chi connectivity index (χ1) is 10.00. The van der Waals surface area contributed by atoms with Crippen LogP contribution in [0.1, 0.15) is 17.5 Å². The number of rotatable bonds is 2. The van der Waals surface area contributed by atoms with Gasteiger partial charge in [-0.15, -0.1) is 0 Å². The summed E-state index contributed by atoms with van der Waals surface area (Å²) in [5.41, 5.74) is 2.30. The molecule has 5 heteroatoms. The summed E-state index contributed by atoms with van der Waals surface area (Å²) in [5.74, 6) is 0.0166. The summed E-state index contributed by atoms with van der Waals surface area (Å²) in [4.78, 5) is 0.254. The van der Waals surface area contributed by atoms with Gasteiger partial charge in [0.15, 0.2) is 0 Å². The van der Waals surface area contributed by atoms with E-state index in [4.69, 9.17) is 0 Å². The molecule has 0 fully saturated rings. The van der Waals surface area contributed by atoms with E-state index >= 15 is 0 Å². The molecule has 0 saturated carbocycles. The Balaban J connectivity index is 2.12. The molecule has 0 saturated heterocycles. The van der Waals surface area contributed by atoms with E-state index < -0.39 is 10.0 Å². The van der Waals surface area contributed by atoms with Gasteiger partial charge < -0.3 is 5.11 Å². The van der Waals surface area contributed by atoms with Gasteiger partial charge in [-0.05, 0) is 43.5 Å². The highest BCUT2D eigenvalue weighted by molar-refractivity contribution is 7.92. The Morgan fingerprint density at radius 2 is 1.81 bits per heavy atom. The van der Waals surface area contributed by atoms with Crippen molar-refractivity contribution in [3.63, 3.8) is 0 Å². The van der Waals surface area contributed by atoms with E-state index in [2.05, 4.69) is 0 Å². The van der Waals surface area contributed by atoms with E-state index in [-0.39, 0.29) is 10.6 Å². The van der Waals surface area contributed by atoms with Crippen LogP contribution in [0.25, 0.3) is 0 Å². The molecule has 1 aliphatic rings. The Labute approximate surface area is 124 Å². The zero-order chi connectivity index (χ0) is 15.0. The fourth-order valence-corrected chi connectivity index (χ4v) is 4.23. The molecule has 21 heavy (non-hydrogen) atoms. The number of aryl methyl sites for hydroxylation is 2. The fraction of sp³-hybridized carbons (Fsp3) is 0.250. The van der Waals surface area contributed by atoms with E-state index in [0.717, 1.165) is 24.0 Å². The molecule has 4 nitrogen and oxygen atoms in total. The topological polar surface area (TPSA) is 57.6 Å². The van der Waals surface area contributed by atoms with Crippen LogP contribution in [0.3, 0.4) is 0 Å². The number of hydrogen-bond acceptors (Lipinski definition) is 3. The molecule has 0 radical (unpaired) electrons. The number of nitrogens with zero attached hydrogens (tertiary/aromatic N) is 1. The van der Waals surface area contributed by atoms with Gasteiger partial charge in [0.1, 0.15) is 5.75 Å². The third-order valence-corrected chi connectivity index (χ3v) is 5.58. The number of phenols is 1. The highest BCUT2D eigenvalue weighted by atomic mass is 32.2. The molecule has 0 amide bonds. The fourth-order valence-electron chi connectivity index (χ4n) is 2.67. The number of para-hydroxylation sites is 1. The van der Waals surface area contributed by atoms with Crippen LogP contribution < -0.4 is 4.31 Å². The molecule has 1 aliphatic heterocycles. The normalized spacial score (nSPS) is 14.8. The molecule has 2 aromatic rings. The second-order valence-electron chi connectivity index (χ2n) is 5.28. The maximum Gasteiger partial charge on any atom is 0.264 e. The van der Waals surface area contributed by atoms with Crippen molar-refractivity contribution in [2.24, 2.45) is 0 Å². The van der Waals surface area contributed by atoms with Crippen LogP contribution >= 0.6 is 0 Å². The first kappa shape index (κ1) is 13.9. The van der Waals surface area contributed by atoms with Crippen LogP contribution in [0.15, 0.2) is 47.4 Å². The summed E-state index contributed by atoms with van der Waals surface area (Å²) in [6, 6.07) is 11.9. The molecule has 0 unspecified atom stereocenters. The highest BCUT2D eigenvalue weighted by Crippen LogP contribution is 2.38. The zero-order valence-electron chi connectivity index (χ0n) is 11.8. The Bertz CT molecular complexity index is 767. The van der Waals surface area contributed by atoms with Crippen LogP contribution in [-0.2, 0) is 16.4 Å². The van der Waals surface area contributed by atoms with Crippen LogP contribution in [0.5, 0.6) is 5.75 Å². The third kappa shape index (κ3) is 2.38. The van der Waals surface area contributed by atoms with Crippen molar-refractivity contribution in [1.82, 2.24) is 0 Å². The van der Waals surface area contributed by atoms with Crippen molar-refractivity contribution < 1.29 is 13.5 Å². The Kier molecular flexibility index (Phi) is 3.37. The van der Waals surface area contributed by atoms with E-state index in [1.807, 2.05) is 13.0 Å². The van der Waals surface area contributed by atoms with Gasteiger partial charge in [-0.25, -0.2) is 8.42 Å². The molecule has 0 atom stereocenters. The number of hydrogen-bond donors (Lipinski definition) is 1. The SMILES string of the molecule is Cc1ccc(S(=O)(=O)N2CCCc3cccc(O)c32)cc1. The minimum absolute atomic E-state index is 0.0166. The van der Waals surface area contributed by atoms with Gasteiger partial charge in [0.25, 0.3) is 10.0 Å². The predicted octanol–water partition coefficient (Wildman–Crippen LogP) is 2.84. The second-order valence-corrected chi connectivity index (χ2v) is 7.14. The van der Waals surface area contributed by atoms with Crippen molar-refractivity contribution in [3.05, 3.63) is 53.6 Å². The van der Waals surface area contributed by atoms with Crippen molar-refractivity contribution in [2.75, 3.05) is 10.8 Å². The van der Waals surface area contributed by atoms with Gasteiger partial charge in [-0.3, -0.25) is 4.31 Å². The number of phenolic OH excluding ortho intramolecular Hbond substituents is 1. The summed E-state index contributed by atoms with van der Waals surface area (Å²) in [7, 11) is -3.64. The number of fused-ring (bicyclic) bond motifs is 1. The largest absolute Gasteiger partial charge is 0.506 e. The van der Waals surface area contributed by atoms with E-state index in [1.54, 1.807) is 30.3 Å². The molecule has 0 spiro atoms. The summed E-state index contributed by atoms with van der Waals surface area (Å²) in [5, 5.41) is 10.1. The average Bonchev–Trinajstić information content (AvgIpc) is 2.47. The lowest BCUT2D eigenvalue weighted by atomic mass is 10.0. The van der Waals surface area contributed by atoms with Crippen molar-refractivity contribution in [2.45, 2.75) is 24.7 Å². The van der Waals surface area contributed by atoms with E-state index in [9.17, 15) is 13.5 Å². The highest BCUT2D eigenvalue weighted by Gasteiger charge is 2.30. The number of anilines is 1. The molecular weight excluding hydrogens is 286 g/mol. The van der Waals surface area contributed by atoms with Crippen molar-refractivity contribution in [3.8, 4) is 5.75 Å². The first-order valence-electron chi connectivity index (χ1n) is 6.90. The predicted molar refractivity (Wildman–Crippen MR) is 82.1 cm³/mol. The maximum atomic E-state index is 12.8. The molecule has 1 heterocycles. The minimum atomic E-state index is -3.64. The molecule has 0 aliphatic carbocycles. The van der Waals surface area contributed by atoms with E-state index in [1.165, 1.54) is 10.4 Å². The number of benzene rings is 2. The number of sulfonamides is 1. The first-order valence-corrected chi connectivity index (χ1v) is 8.34. The number of aromatic hydroxyl groups is 1. The summed E-state index contributed by atoms with van der Waals surface area (Å²) in [6.07, 6.45) is 1.53. The summed E-state index contributed by atoms with van der Waals surface area (Å²) < 4.78 is 27.0. The smallest absolute Gasteiger partial charge is 0.264 e. The second kappa shape index (κ2) is 5.07. The van der Waals surface area contributed by atoms with Crippen molar-refractivity contribution >= 4 is 15.7 Å². The van der Waals surface area contributed by atoms with Crippen molar-refractivity contribution in [1.29, 1.82) is 0 Å². The van der Waals surface area contributed by atoms with Crippen LogP contribution in [-0.4, -0.2) is 20.1 Å². The van der Waals surface area contributed by atoms with Gasteiger partial charge >= 0.3 is 0 Å². The Morgan fingerprint density at radius 1 is 1.10 bits per heavy atom. The zero-order valence-corrected chi connectivity index (χ0v) is 12.6. The summed E-state index contributed by atoms with van der Waals surface area (Å²) >= 11 is 0. The quantitative estimate of drug-likeness (QED) is 0.928. The lowest BCUT2D eigenvalue weighted by Crippen LogP contribution is -2.35. The lowest BCUT2D eigenvalue weighted by Gasteiger charge is -2.31. The van der Waals surface area contributed by atoms with E-state index in [0.29, 0.717) is 12.2 Å². The van der Waals surface area contributed by atoms with Crippen LogP contribution in [0.4, 0.5) is 5.69 Å². The maximum absolute atomic E-state index is 12.8. The summed E-state index contributed by atoms with van der Waals surface area (Å²) in [6.45, 7) is 2.30. The standard InChI is InChI=1S/C16H17NO3S/c1-12-7-9-14(10-8-12)21(19,20)17-11-3-5-13-4-2-6-15(18)16(13)17/h2,4,6-10,18H,3,5,11H2,1H3. The van der Waals surface area contributed by atoms with Gasteiger partial charge in [0.05, 0.1) is 10.6 Å². The Morgan fingerprint density at radius 3 is 2.52 bits per heavy atom. The molecule has 1 N–H and O–H groups in total. The van der Waals surface area contributed by atoms with Gasteiger partial charge in [-0.1, -0.05) is 29.8 Å². The molecule has 110 valence electrons. The van der Waals surface area contributed by atoms with Crippen LogP contribution in [0, 0.1) is 6.92 Å². The van der Waals surface area contributed by atoms with Gasteiger partial charge in [0, 0.05) is 6.54 Å². The van der Waals surface area contributed by atoms with Crippen LogP contribution in [0.2, 0.25) is 0 Å². The van der Waals surface area contributed by atoms with Gasteiger partial charge in [0.2, 0.25) is 0 Å². The third-order valence-electron chi connectivity index (χ3n) is 3.76. The lowest BCUT2D eigenvalue weighted by molar-refractivity contribution is 0.472. The molecule has 3 rings (SSSR count). The molecule has 2 aromatic carbocycles. The average molecular weight is 303 g/mol. The molecular formula is C16H17NO3S. The monoisotopic (exact) mass is 303 g/mol. The van der Waals surface area contributed by atoms with Gasteiger partial charge in [-0.2, -0.15) is 0 Å². The molecule has 0 bridgehead atoms. The minimum Gasteiger partial charge on any atom is -0.506 e. The Hall–Kier alpha value is -2.01.